The van der Waals surface area contributed by atoms with Crippen molar-refractivity contribution in [3.05, 3.63) is 15.6 Å². The first kappa shape index (κ1) is 14.7. The van der Waals surface area contributed by atoms with Gasteiger partial charge in [-0.2, -0.15) is 0 Å². The van der Waals surface area contributed by atoms with Crippen molar-refractivity contribution in [3.63, 3.8) is 0 Å². The molecule has 0 bridgehead atoms. The molecule has 0 radical (unpaired) electrons. The van der Waals surface area contributed by atoms with Crippen LogP contribution in [-0.4, -0.2) is 11.0 Å². The van der Waals surface area contributed by atoms with Crippen LogP contribution in [0.25, 0.3) is 0 Å². The highest BCUT2D eigenvalue weighted by molar-refractivity contribution is 7.11. The summed E-state index contributed by atoms with van der Waals surface area (Å²) in [7, 11) is 0. The molecule has 1 heterocycles. The molecule has 0 amide bonds. The number of hydrogen-bond acceptors (Lipinski definition) is 3. The van der Waals surface area contributed by atoms with Gasteiger partial charge in [0.15, 0.2) is 0 Å². The van der Waals surface area contributed by atoms with E-state index in [1.54, 1.807) is 11.3 Å². The van der Waals surface area contributed by atoms with Crippen molar-refractivity contribution >= 4 is 11.3 Å². The number of rotatable bonds is 6. The van der Waals surface area contributed by atoms with Crippen LogP contribution in [-0.2, 0) is 0 Å². The number of nitrogens with zero attached hydrogens (tertiary/aromatic N) is 1. The monoisotopic (exact) mass is 254 g/mol. The van der Waals surface area contributed by atoms with E-state index in [9.17, 15) is 0 Å². The van der Waals surface area contributed by atoms with Crippen LogP contribution in [0.1, 0.15) is 62.2 Å². The third-order valence-electron chi connectivity index (χ3n) is 3.06. The fourth-order valence-electron chi connectivity index (χ4n) is 2.12. The van der Waals surface area contributed by atoms with Gasteiger partial charge in [-0.25, -0.2) is 4.98 Å². The summed E-state index contributed by atoms with van der Waals surface area (Å²) in [5.74, 6) is 0.790. The lowest BCUT2D eigenvalue weighted by Crippen LogP contribution is -2.29. The smallest absolute Gasteiger partial charge is 0.0900 e. The molecule has 2 nitrogen and oxygen atoms in total. The summed E-state index contributed by atoms with van der Waals surface area (Å²) >= 11 is 1.79. The molecule has 1 aromatic rings. The second-order valence-electron chi connectivity index (χ2n) is 5.43. The van der Waals surface area contributed by atoms with E-state index in [0.29, 0.717) is 12.1 Å². The van der Waals surface area contributed by atoms with Crippen molar-refractivity contribution in [2.45, 2.75) is 66.5 Å². The van der Waals surface area contributed by atoms with Crippen molar-refractivity contribution in [1.29, 1.82) is 0 Å². The standard InChI is InChI=1S/C14H26N2S/c1-9(2)7-8-10(3)15-11(4)14-12(5)17-13(6)16-14/h9-11,15H,7-8H2,1-6H3. The summed E-state index contributed by atoms with van der Waals surface area (Å²) < 4.78 is 0. The minimum atomic E-state index is 0.363. The Hall–Kier alpha value is -0.410. The summed E-state index contributed by atoms with van der Waals surface area (Å²) in [5, 5.41) is 4.82. The molecular weight excluding hydrogens is 228 g/mol. The van der Waals surface area contributed by atoms with Gasteiger partial charge < -0.3 is 5.32 Å². The summed E-state index contributed by atoms with van der Waals surface area (Å²) in [5.41, 5.74) is 1.23. The zero-order valence-corrected chi connectivity index (χ0v) is 12.8. The van der Waals surface area contributed by atoms with Crippen molar-refractivity contribution in [1.82, 2.24) is 10.3 Å². The van der Waals surface area contributed by atoms with Crippen molar-refractivity contribution in [2.75, 3.05) is 0 Å². The van der Waals surface area contributed by atoms with E-state index in [4.69, 9.17) is 0 Å². The first-order valence-electron chi connectivity index (χ1n) is 6.60. The average Bonchev–Trinajstić information content (AvgIpc) is 2.55. The van der Waals surface area contributed by atoms with Crippen molar-refractivity contribution < 1.29 is 0 Å². The van der Waals surface area contributed by atoms with Gasteiger partial charge in [0.1, 0.15) is 0 Å². The summed E-state index contributed by atoms with van der Waals surface area (Å²) in [4.78, 5) is 5.96. The Kier molecular flexibility index (Phi) is 5.60. The van der Waals surface area contributed by atoms with Gasteiger partial charge in [0, 0.05) is 17.0 Å². The molecule has 0 saturated carbocycles. The van der Waals surface area contributed by atoms with Gasteiger partial charge in [0.25, 0.3) is 0 Å². The maximum absolute atomic E-state index is 4.61. The number of nitrogens with one attached hydrogen (secondary N) is 1. The highest BCUT2D eigenvalue weighted by Gasteiger charge is 2.15. The Bertz CT molecular complexity index is 344. The molecule has 0 aromatic carbocycles. The molecule has 0 aliphatic heterocycles. The highest BCUT2D eigenvalue weighted by Crippen LogP contribution is 2.23. The van der Waals surface area contributed by atoms with E-state index in [1.807, 2.05) is 0 Å². The molecular formula is C14H26N2S. The number of aryl methyl sites for hydroxylation is 2. The van der Waals surface area contributed by atoms with Crippen LogP contribution in [0.5, 0.6) is 0 Å². The molecule has 2 unspecified atom stereocenters. The van der Waals surface area contributed by atoms with E-state index < -0.39 is 0 Å². The molecule has 0 aliphatic carbocycles. The maximum Gasteiger partial charge on any atom is 0.0900 e. The molecule has 3 heteroatoms. The van der Waals surface area contributed by atoms with Gasteiger partial charge in [-0.05, 0) is 46.5 Å². The Morgan fingerprint density at radius 2 is 1.76 bits per heavy atom. The third kappa shape index (κ3) is 4.76. The SMILES string of the molecule is Cc1nc(C(C)NC(C)CCC(C)C)c(C)s1. The minimum Gasteiger partial charge on any atom is -0.306 e. The molecule has 0 spiro atoms. The van der Waals surface area contributed by atoms with Gasteiger partial charge in [0.05, 0.1) is 10.7 Å². The fourth-order valence-corrected chi connectivity index (χ4v) is 3.03. The zero-order chi connectivity index (χ0) is 13.0. The molecule has 1 rings (SSSR count). The Morgan fingerprint density at radius 3 is 2.24 bits per heavy atom. The van der Waals surface area contributed by atoms with Crippen LogP contribution in [0.4, 0.5) is 0 Å². The second-order valence-corrected chi connectivity index (χ2v) is 6.84. The van der Waals surface area contributed by atoms with Gasteiger partial charge in [-0.1, -0.05) is 13.8 Å². The second kappa shape index (κ2) is 6.50. The number of aromatic nitrogens is 1. The van der Waals surface area contributed by atoms with E-state index in [-0.39, 0.29) is 0 Å². The van der Waals surface area contributed by atoms with E-state index in [1.165, 1.54) is 28.4 Å². The van der Waals surface area contributed by atoms with Crippen LogP contribution in [0, 0.1) is 19.8 Å². The lowest BCUT2D eigenvalue weighted by atomic mass is 10.0. The lowest BCUT2D eigenvalue weighted by Gasteiger charge is -2.20. The topological polar surface area (TPSA) is 24.9 Å². The molecule has 2 atom stereocenters. The normalized spacial score (nSPS) is 15.2. The number of hydrogen-bond donors (Lipinski definition) is 1. The first-order valence-corrected chi connectivity index (χ1v) is 7.41. The predicted molar refractivity (Wildman–Crippen MR) is 76.7 cm³/mol. The molecule has 0 aliphatic rings. The van der Waals surface area contributed by atoms with Gasteiger partial charge in [-0.15, -0.1) is 11.3 Å². The van der Waals surface area contributed by atoms with Gasteiger partial charge in [-0.3, -0.25) is 0 Å². The average molecular weight is 254 g/mol. The maximum atomic E-state index is 4.61. The Labute approximate surface area is 110 Å². The van der Waals surface area contributed by atoms with E-state index in [0.717, 1.165) is 5.92 Å². The van der Waals surface area contributed by atoms with Gasteiger partial charge >= 0.3 is 0 Å². The minimum absolute atomic E-state index is 0.363. The van der Waals surface area contributed by atoms with Crippen LogP contribution < -0.4 is 5.32 Å². The van der Waals surface area contributed by atoms with Crippen LogP contribution >= 0.6 is 11.3 Å². The van der Waals surface area contributed by atoms with Crippen LogP contribution in [0.15, 0.2) is 0 Å². The van der Waals surface area contributed by atoms with Crippen molar-refractivity contribution in [3.8, 4) is 0 Å². The highest BCUT2D eigenvalue weighted by atomic mass is 32.1. The molecule has 0 saturated heterocycles. The lowest BCUT2D eigenvalue weighted by molar-refractivity contribution is 0.413. The molecule has 17 heavy (non-hydrogen) atoms. The Balaban J connectivity index is 2.48. The summed E-state index contributed by atoms with van der Waals surface area (Å²) in [6.07, 6.45) is 2.53. The van der Waals surface area contributed by atoms with E-state index >= 15 is 0 Å². The molecule has 1 N–H and O–H groups in total. The fraction of sp³-hybridized carbons (Fsp3) is 0.786. The quantitative estimate of drug-likeness (QED) is 0.821. The summed E-state index contributed by atoms with van der Waals surface area (Å²) in [6, 6.07) is 0.927. The third-order valence-corrected chi connectivity index (χ3v) is 3.96. The molecule has 1 aromatic heterocycles. The van der Waals surface area contributed by atoms with Crippen LogP contribution in [0.3, 0.4) is 0 Å². The summed E-state index contributed by atoms with van der Waals surface area (Å²) in [6.45, 7) is 13.3. The zero-order valence-electron chi connectivity index (χ0n) is 12.0. The first-order chi connectivity index (χ1) is 7.90. The van der Waals surface area contributed by atoms with Crippen LogP contribution in [0.2, 0.25) is 0 Å². The van der Waals surface area contributed by atoms with E-state index in [2.05, 4.69) is 51.8 Å². The molecule has 0 fully saturated rings. The molecule has 98 valence electrons. The number of thiazole rings is 1. The Morgan fingerprint density at radius 1 is 1.12 bits per heavy atom. The largest absolute Gasteiger partial charge is 0.306 e. The van der Waals surface area contributed by atoms with Crippen molar-refractivity contribution in [2.24, 2.45) is 5.92 Å². The van der Waals surface area contributed by atoms with Gasteiger partial charge in [0.2, 0.25) is 0 Å². The predicted octanol–water partition coefficient (Wildman–Crippen LogP) is 4.24.